The minimum absolute atomic E-state index is 0.0653. The van der Waals surface area contributed by atoms with Crippen LogP contribution in [0, 0.1) is 0 Å². The van der Waals surface area contributed by atoms with E-state index in [0.717, 1.165) is 11.3 Å². The summed E-state index contributed by atoms with van der Waals surface area (Å²) in [6.07, 6.45) is -0.983. The molecule has 0 saturated carbocycles. The second-order valence-corrected chi connectivity index (χ2v) is 4.81. The molecule has 1 heterocycles. The van der Waals surface area contributed by atoms with Crippen LogP contribution in [0.3, 0.4) is 0 Å². The third kappa shape index (κ3) is 3.59. The topological polar surface area (TPSA) is 69.6 Å². The number of aliphatic hydroxyl groups is 2. The van der Waals surface area contributed by atoms with Gasteiger partial charge in [0, 0.05) is 23.2 Å². The zero-order valence-electron chi connectivity index (χ0n) is 9.43. The standard InChI is InChI=1S/C11H17NO3S/c1-3-8-4-5-10(16-8)11(15)9(14)6-12-7(2)13/h4-5,9,11,14-15H,3,6H2,1-2H3,(H,12,13). The van der Waals surface area contributed by atoms with Crippen LogP contribution >= 0.6 is 11.3 Å². The fourth-order valence-corrected chi connectivity index (χ4v) is 2.29. The molecule has 0 aliphatic carbocycles. The Labute approximate surface area is 98.9 Å². The van der Waals surface area contributed by atoms with Gasteiger partial charge >= 0.3 is 0 Å². The number of aliphatic hydroxyl groups excluding tert-OH is 2. The van der Waals surface area contributed by atoms with E-state index in [-0.39, 0.29) is 12.5 Å². The van der Waals surface area contributed by atoms with Gasteiger partial charge in [0.05, 0.1) is 0 Å². The van der Waals surface area contributed by atoms with E-state index in [9.17, 15) is 15.0 Å². The van der Waals surface area contributed by atoms with Crippen molar-refractivity contribution in [1.29, 1.82) is 0 Å². The monoisotopic (exact) mass is 243 g/mol. The first-order valence-corrected chi connectivity index (χ1v) is 6.05. The van der Waals surface area contributed by atoms with Crippen LogP contribution in [0.5, 0.6) is 0 Å². The molecule has 1 aromatic heterocycles. The molecule has 5 heteroatoms. The third-order valence-corrected chi connectivity index (χ3v) is 3.55. The minimum Gasteiger partial charge on any atom is -0.388 e. The molecule has 1 aromatic rings. The predicted molar refractivity (Wildman–Crippen MR) is 63.3 cm³/mol. The van der Waals surface area contributed by atoms with Crippen LogP contribution in [0.25, 0.3) is 0 Å². The molecular formula is C11H17NO3S. The van der Waals surface area contributed by atoms with E-state index in [0.29, 0.717) is 0 Å². The summed E-state index contributed by atoms with van der Waals surface area (Å²) in [4.78, 5) is 12.6. The predicted octanol–water partition coefficient (Wildman–Crippen LogP) is 0.841. The Morgan fingerprint density at radius 3 is 2.69 bits per heavy atom. The van der Waals surface area contributed by atoms with Crippen LogP contribution in [-0.4, -0.2) is 28.8 Å². The summed E-state index contributed by atoms with van der Waals surface area (Å²) in [5, 5.41) is 21.9. The van der Waals surface area contributed by atoms with Crippen molar-refractivity contribution in [3.8, 4) is 0 Å². The van der Waals surface area contributed by atoms with Crippen LogP contribution in [-0.2, 0) is 11.2 Å². The van der Waals surface area contributed by atoms with Crippen molar-refractivity contribution in [3.05, 3.63) is 21.9 Å². The fraction of sp³-hybridized carbons (Fsp3) is 0.545. The second-order valence-electron chi connectivity index (χ2n) is 3.61. The number of carbonyl (C=O) groups is 1. The van der Waals surface area contributed by atoms with Gasteiger partial charge in [0.25, 0.3) is 0 Å². The van der Waals surface area contributed by atoms with Gasteiger partial charge in [-0.3, -0.25) is 4.79 Å². The van der Waals surface area contributed by atoms with Crippen LogP contribution in [0.15, 0.2) is 12.1 Å². The number of hydrogen-bond acceptors (Lipinski definition) is 4. The second kappa shape index (κ2) is 5.98. The average molecular weight is 243 g/mol. The summed E-state index contributed by atoms with van der Waals surface area (Å²) in [5.41, 5.74) is 0. The summed E-state index contributed by atoms with van der Waals surface area (Å²) in [6, 6.07) is 3.75. The zero-order chi connectivity index (χ0) is 12.1. The highest BCUT2D eigenvalue weighted by Crippen LogP contribution is 2.25. The number of aryl methyl sites for hydroxylation is 1. The first-order chi connectivity index (χ1) is 7.54. The number of carbonyl (C=O) groups excluding carboxylic acids is 1. The Bertz CT molecular complexity index is 351. The average Bonchev–Trinajstić information content (AvgIpc) is 2.73. The lowest BCUT2D eigenvalue weighted by molar-refractivity contribution is -0.119. The molecule has 16 heavy (non-hydrogen) atoms. The number of thiophene rings is 1. The minimum atomic E-state index is -0.966. The normalized spacial score (nSPS) is 14.5. The summed E-state index contributed by atoms with van der Waals surface area (Å²) in [7, 11) is 0. The third-order valence-electron chi connectivity index (χ3n) is 2.25. The summed E-state index contributed by atoms with van der Waals surface area (Å²) >= 11 is 1.48. The van der Waals surface area contributed by atoms with Crippen molar-refractivity contribution >= 4 is 17.2 Å². The highest BCUT2D eigenvalue weighted by atomic mass is 32.1. The molecule has 0 saturated heterocycles. The number of rotatable bonds is 5. The molecule has 90 valence electrons. The lowest BCUT2D eigenvalue weighted by atomic mass is 10.1. The maximum atomic E-state index is 10.7. The molecule has 1 amide bonds. The molecule has 2 atom stereocenters. The zero-order valence-corrected chi connectivity index (χ0v) is 10.3. The lowest BCUT2D eigenvalue weighted by Gasteiger charge is -2.16. The van der Waals surface area contributed by atoms with Crippen LogP contribution in [0.2, 0.25) is 0 Å². The molecule has 0 aromatic carbocycles. The highest BCUT2D eigenvalue weighted by Gasteiger charge is 2.19. The smallest absolute Gasteiger partial charge is 0.216 e. The Hall–Kier alpha value is -0.910. The molecular weight excluding hydrogens is 226 g/mol. The molecule has 2 unspecified atom stereocenters. The van der Waals surface area contributed by atoms with Gasteiger partial charge in [-0.15, -0.1) is 11.3 Å². The van der Waals surface area contributed by atoms with E-state index in [1.165, 1.54) is 23.1 Å². The number of amides is 1. The fourth-order valence-electron chi connectivity index (χ4n) is 1.29. The van der Waals surface area contributed by atoms with Crippen LogP contribution in [0.1, 0.15) is 29.7 Å². The lowest BCUT2D eigenvalue weighted by Crippen LogP contribution is -2.33. The Kier molecular flexibility index (Phi) is 4.92. The van der Waals surface area contributed by atoms with Crippen molar-refractivity contribution in [2.75, 3.05) is 6.54 Å². The molecule has 4 nitrogen and oxygen atoms in total. The van der Waals surface area contributed by atoms with E-state index in [4.69, 9.17) is 0 Å². The van der Waals surface area contributed by atoms with Crippen LogP contribution in [0.4, 0.5) is 0 Å². The molecule has 0 bridgehead atoms. The molecule has 0 radical (unpaired) electrons. The van der Waals surface area contributed by atoms with Crippen molar-refractivity contribution < 1.29 is 15.0 Å². The summed E-state index contributed by atoms with van der Waals surface area (Å²) < 4.78 is 0. The van der Waals surface area contributed by atoms with E-state index < -0.39 is 12.2 Å². The van der Waals surface area contributed by atoms with Gasteiger partial charge in [-0.05, 0) is 18.6 Å². The van der Waals surface area contributed by atoms with E-state index in [2.05, 4.69) is 5.32 Å². The largest absolute Gasteiger partial charge is 0.388 e. The number of nitrogens with one attached hydrogen (secondary N) is 1. The van der Waals surface area contributed by atoms with E-state index >= 15 is 0 Å². The molecule has 1 rings (SSSR count). The summed E-state index contributed by atoms with van der Waals surface area (Å²) in [6.45, 7) is 3.48. The Morgan fingerprint density at radius 1 is 1.50 bits per heavy atom. The maximum Gasteiger partial charge on any atom is 0.216 e. The van der Waals surface area contributed by atoms with Gasteiger partial charge in [0.2, 0.25) is 5.91 Å². The van der Waals surface area contributed by atoms with E-state index in [1.807, 2.05) is 19.1 Å². The van der Waals surface area contributed by atoms with Crippen molar-refractivity contribution in [2.24, 2.45) is 0 Å². The molecule has 0 aliphatic rings. The molecule has 3 N–H and O–H groups in total. The van der Waals surface area contributed by atoms with Gasteiger partial charge < -0.3 is 15.5 Å². The first-order valence-electron chi connectivity index (χ1n) is 5.23. The van der Waals surface area contributed by atoms with Crippen LogP contribution < -0.4 is 5.32 Å². The van der Waals surface area contributed by atoms with Crippen molar-refractivity contribution in [1.82, 2.24) is 5.32 Å². The number of hydrogen-bond donors (Lipinski definition) is 3. The van der Waals surface area contributed by atoms with Gasteiger partial charge in [0.1, 0.15) is 12.2 Å². The maximum absolute atomic E-state index is 10.7. The van der Waals surface area contributed by atoms with Gasteiger partial charge in [-0.1, -0.05) is 6.92 Å². The van der Waals surface area contributed by atoms with E-state index in [1.54, 1.807) is 0 Å². The Morgan fingerprint density at radius 2 is 2.19 bits per heavy atom. The first kappa shape index (κ1) is 13.2. The Balaban J connectivity index is 2.55. The highest BCUT2D eigenvalue weighted by molar-refractivity contribution is 7.12. The molecule has 0 aliphatic heterocycles. The summed E-state index contributed by atoms with van der Waals surface area (Å²) in [5.74, 6) is -0.216. The van der Waals surface area contributed by atoms with Crippen molar-refractivity contribution in [3.63, 3.8) is 0 Å². The van der Waals surface area contributed by atoms with Gasteiger partial charge in [-0.25, -0.2) is 0 Å². The molecule has 0 fully saturated rings. The van der Waals surface area contributed by atoms with Gasteiger partial charge in [-0.2, -0.15) is 0 Å². The quantitative estimate of drug-likeness (QED) is 0.718. The SMILES string of the molecule is CCc1ccc(C(O)C(O)CNC(C)=O)s1. The van der Waals surface area contributed by atoms with Crippen molar-refractivity contribution in [2.45, 2.75) is 32.5 Å². The van der Waals surface area contributed by atoms with Gasteiger partial charge in [0.15, 0.2) is 0 Å². The molecule has 0 spiro atoms.